The molecule has 73 heavy (non-hydrogen) atoms. The van der Waals surface area contributed by atoms with E-state index in [1.165, 1.54) is 11.3 Å². The van der Waals surface area contributed by atoms with Gasteiger partial charge in [-0.3, -0.25) is 38.9 Å². The van der Waals surface area contributed by atoms with Crippen molar-refractivity contribution in [2.24, 2.45) is 52.9 Å². The van der Waals surface area contributed by atoms with E-state index >= 15 is 0 Å². The highest BCUT2D eigenvalue weighted by Gasteiger charge is 2.43. The van der Waals surface area contributed by atoms with E-state index in [0.29, 0.717) is 63.3 Å². The summed E-state index contributed by atoms with van der Waals surface area (Å²) in [5, 5.41) is 30.3. The quantitative estimate of drug-likeness (QED) is 0.0360. The molecule has 1 aliphatic heterocycles. The van der Waals surface area contributed by atoms with Crippen LogP contribution in [0.25, 0.3) is 0 Å². The van der Waals surface area contributed by atoms with Crippen molar-refractivity contribution < 1.29 is 43.5 Å². The van der Waals surface area contributed by atoms with Crippen LogP contribution in [0, 0.1) is 41.4 Å². The van der Waals surface area contributed by atoms with Crippen molar-refractivity contribution in [1.82, 2.24) is 42.1 Å². The molecule has 0 aromatic heterocycles. The molecule has 4 aliphatic rings. The zero-order valence-electron chi connectivity index (χ0n) is 45.4. The SMILES string of the molecule is CCCCCC(NC(=O)C(CC1CCC2CCCCC21)NC(=O)C1CCCN1C(=O)C(C)NC(=O)C(CC(C)C)NC(=O)C(CC1CCCCC1)NC(=O)C(NC(=O)C(C)CCCNC(N)N)C(C)C)C(=O)O. The lowest BCUT2D eigenvalue weighted by Gasteiger charge is -2.33. The number of likely N-dealkylation sites (tertiary alicyclic amines) is 1. The maximum Gasteiger partial charge on any atom is 0.326 e. The van der Waals surface area contributed by atoms with Gasteiger partial charge in [-0.25, -0.2) is 4.79 Å². The summed E-state index contributed by atoms with van der Waals surface area (Å²) < 4.78 is 0. The van der Waals surface area contributed by atoms with Gasteiger partial charge in [0.05, 0.1) is 0 Å². The third-order valence-electron chi connectivity index (χ3n) is 16.1. The number of carboxylic acid groups (broad SMARTS) is 1. The van der Waals surface area contributed by atoms with Crippen LogP contribution in [0.2, 0.25) is 0 Å². The number of fused-ring (bicyclic) bond motifs is 1. The highest BCUT2D eigenvalue weighted by atomic mass is 16.4. The zero-order valence-corrected chi connectivity index (χ0v) is 45.4. The largest absolute Gasteiger partial charge is 0.480 e. The summed E-state index contributed by atoms with van der Waals surface area (Å²) in [5.41, 5.74) is 11.1. The minimum absolute atomic E-state index is 0.0501. The van der Waals surface area contributed by atoms with Crippen LogP contribution in [0.5, 0.6) is 0 Å². The smallest absolute Gasteiger partial charge is 0.326 e. The maximum absolute atomic E-state index is 14.4. The Morgan fingerprint density at radius 3 is 1.88 bits per heavy atom. The summed E-state index contributed by atoms with van der Waals surface area (Å²) in [4.78, 5) is 112. The highest BCUT2D eigenvalue weighted by molar-refractivity contribution is 5.97. The fourth-order valence-corrected chi connectivity index (χ4v) is 11.9. The molecule has 0 radical (unpaired) electrons. The minimum Gasteiger partial charge on any atom is -0.480 e. The lowest BCUT2D eigenvalue weighted by Crippen LogP contribution is -2.60. The van der Waals surface area contributed by atoms with E-state index in [2.05, 4.69) is 37.2 Å². The second-order valence-corrected chi connectivity index (χ2v) is 22.9. The van der Waals surface area contributed by atoms with Gasteiger partial charge in [-0.1, -0.05) is 112 Å². The molecule has 1 heterocycles. The van der Waals surface area contributed by atoms with Crippen molar-refractivity contribution in [3.8, 4) is 0 Å². The van der Waals surface area contributed by atoms with Gasteiger partial charge in [0.1, 0.15) is 48.6 Å². The van der Waals surface area contributed by atoms with Gasteiger partial charge >= 0.3 is 5.97 Å². The molecule has 1 saturated heterocycles. The molecular formula is C54H96N10O9. The number of nitrogens with two attached hydrogens (primary N) is 2. The predicted molar refractivity (Wildman–Crippen MR) is 281 cm³/mol. The van der Waals surface area contributed by atoms with Crippen LogP contribution in [0.1, 0.15) is 190 Å². The number of unbranched alkanes of at least 4 members (excludes halogenated alkanes) is 2. The van der Waals surface area contributed by atoms with Crippen molar-refractivity contribution in [3.05, 3.63) is 0 Å². The first-order valence-electron chi connectivity index (χ1n) is 28.3. The molecule has 11 unspecified atom stereocenters. The maximum atomic E-state index is 14.4. The number of carbonyl (C=O) groups is 8. The van der Waals surface area contributed by atoms with Crippen molar-refractivity contribution in [1.29, 1.82) is 0 Å². The van der Waals surface area contributed by atoms with E-state index in [1.54, 1.807) is 13.8 Å². The number of nitrogens with zero attached hydrogens (tertiary/aromatic N) is 1. The monoisotopic (exact) mass is 1030 g/mol. The first kappa shape index (κ1) is 61.2. The molecule has 0 aromatic carbocycles. The Balaban J connectivity index is 1.45. The van der Waals surface area contributed by atoms with E-state index in [0.717, 1.165) is 77.0 Å². The third-order valence-corrected chi connectivity index (χ3v) is 16.1. The Morgan fingerprint density at radius 1 is 0.603 bits per heavy atom. The number of carboxylic acids is 1. The van der Waals surface area contributed by atoms with Crippen molar-refractivity contribution in [2.45, 2.75) is 238 Å². The molecule has 3 aliphatic carbocycles. The molecule has 0 spiro atoms. The number of hydrogen-bond donors (Lipinski definition) is 10. The normalized spacial score (nSPS) is 23.1. The van der Waals surface area contributed by atoms with Crippen molar-refractivity contribution >= 4 is 47.3 Å². The molecule has 19 heteroatoms. The third kappa shape index (κ3) is 19.7. The van der Waals surface area contributed by atoms with E-state index in [4.69, 9.17) is 11.5 Å². The molecule has 7 amide bonds. The van der Waals surface area contributed by atoms with Gasteiger partial charge < -0.3 is 53.4 Å². The van der Waals surface area contributed by atoms with Crippen LogP contribution in [0.15, 0.2) is 0 Å². The first-order chi connectivity index (χ1) is 34.7. The minimum atomic E-state index is -1.12. The topological polar surface area (TPSA) is 296 Å². The van der Waals surface area contributed by atoms with E-state index in [9.17, 15) is 43.5 Å². The fraction of sp³-hybridized carbons (Fsp3) is 0.852. The van der Waals surface area contributed by atoms with Gasteiger partial charge in [0.25, 0.3) is 0 Å². The molecule has 12 N–H and O–H groups in total. The van der Waals surface area contributed by atoms with Crippen molar-refractivity contribution in [3.63, 3.8) is 0 Å². The van der Waals surface area contributed by atoms with Gasteiger partial charge in [-0.05, 0) is 120 Å². The molecule has 19 nitrogen and oxygen atoms in total. The second kappa shape index (κ2) is 30.9. The number of nitrogens with one attached hydrogen (secondary N) is 7. The highest BCUT2D eigenvalue weighted by Crippen LogP contribution is 2.47. The molecule has 0 bridgehead atoms. The van der Waals surface area contributed by atoms with Crippen LogP contribution in [-0.4, -0.2) is 119 Å². The molecule has 3 saturated carbocycles. The van der Waals surface area contributed by atoms with Gasteiger partial charge in [0.15, 0.2) is 0 Å². The standard InChI is InChI=1S/C54H96N10O9/c1-8-9-11-23-40(53(72)73)59-49(68)43(31-38-26-25-37-21-14-15-22-39(37)38)61-50(69)44-24-17-28-64(44)52(71)35(7)58-47(66)41(29-32(2)3)60-48(67)42(30-36-19-12-10-13-20-36)62-51(70)45(33(4)5)63-46(65)34(6)18-16-27-57-54(55)56/h32-45,54,57H,8-31,55-56H2,1-7H3,(H,58,66)(H,59,68)(H,60,67)(H,61,69)(H,62,70)(H,63,65)(H,72,73). The van der Waals surface area contributed by atoms with Crippen LogP contribution in [0.4, 0.5) is 0 Å². The van der Waals surface area contributed by atoms with Crippen LogP contribution < -0.4 is 48.7 Å². The number of rotatable bonds is 30. The number of carbonyl (C=O) groups excluding carboxylic acids is 7. The number of amides is 7. The van der Waals surface area contributed by atoms with Crippen LogP contribution in [0.3, 0.4) is 0 Å². The van der Waals surface area contributed by atoms with Gasteiger partial charge in [0, 0.05) is 12.5 Å². The van der Waals surface area contributed by atoms with E-state index in [1.807, 2.05) is 34.6 Å². The summed E-state index contributed by atoms with van der Waals surface area (Å²) in [6.45, 7) is 13.6. The summed E-state index contributed by atoms with van der Waals surface area (Å²) >= 11 is 0. The Hall–Kier alpha value is -4.36. The Morgan fingerprint density at radius 2 is 1.23 bits per heavy atom. The van der Waals surface area contributed by atoms with E-state index in [-0.39, 0.29) is 49.0 Å². The fourth-order valence-electron chi connectivity index (χ4n) is 11.9. The Bertz CT molecular complexity index is 1810. The summed E-state index contributed by atoms with van der Waals surface area (Å²) in [6.07, 6.45) is 16.5. The predicted octanol–water partition coefficient (Wildman–Crippen LogP) is 4.06. The number of hydrogen-bond acceptors (Lipinski definition) is 11. The Kier molecular flexibility index (Phi) is 25.9. The average molecular weight is 1030 g/mol. The Labute approximate surface area is 435 Å². The van der Waals surface area contributed by atoms with Gasteiger partial charge in [0.2, 0.25) is 41.4 Å². The summed E-state index contributed by atoms with van der Waals surface area (Å²) in [5.74, 6) is -3.86. The molecule has 0 aromatic rings. The van der Waals surface area contributed by atoms with Gasteiger partial charge in [-0.15, -0.1) is 0 Å². The van der Waals surface area contributed by atoms with Crippen molar-refractivity contribution in [2.75, 3.05) is 13.1 Å². The van der Waals surface area contributed by atoms with E-state index < -0.39 is 95.9 Å². The lowest BCUT2D eigenvalue weighted by molar-refractivity contribution is -0.143. The lowest BCUT2D eigenvalue weighted by atomic mass is 9.76. The first-order valence-corrected chi connectivity index (χ1v) is 28.3. The van der Waals surface area contributed by atoms with Gasteiger partial charge in [-0.2, -0.15) is 0 Å². The second-order valence-electron chi connectivity index (χ2n) is 22.9. The molecule has 11 atom stereocenters. The summed E-state index contributed by atoms with van der Waals surface area (Å²) in [7, 11) is 0. The van der Waals surface area contributed by atoms with Crippen LogP contribution in [-0.2, 0) is 38.4 Å². The van der Waals surface area contributed by atoms with Crippen LogP contribution >= 0.6 is 0 Å². The average Bonchev–Trinajstić information content (AvgIpc) is 4.01. The number of aliphatic carboxylic acids is 1. The molecule has 4 rings (SSSR count). The molecular weight excluding hydrogens is 933 g/mol. The summed E-state index contributed by atoms with van der Waals surface area (Å²) in [6, 6.07) is -7.05. The zero-order chi connectivity index (χ0) is 53.8. The molecule has 4 fully saturated rings. The molecule has 416 valence electrons.